The average molecular weight is 153 g/mol. The number of hydrogen-bond acceptors (Lipinski definition) is 3. The van der Waals surface area contributed by atoms with Crippen molar-refractivity contribution < 1.29 is 9.94 Å². The zero-order valence-electron chi connectivity index (χ0n) is 5.81. The third kappa shape index (κ3) is 1.57. The smallest absolute Gasteiger partial charge is 0.222 e. The fourth-order valence-corrected chi connectivity index (χ4v) is 0.664. The highest BCUT2D eigenvalue weighted by atomic mass is 16.5. The molecule has 1 aromatic heterocycles. The quantitative estimate of drug-likeness (QED) is 0.118. The van der Waals surface area contributed by atoms with Gasteiger partial charge in [0.25, 0.3) is 0 Å². The first-order chi connectivity index (χ1) is 5.24. The van der Waals surface area contributed by atoms with E-state index in [0.29, 0.717) is 5.56 Å². The Bertz CT molecular complexity index is 266. The summed E-state index contributed by atoms with van der Waals surface area (Å²) in [6.07, 6.45) is 2.88. The van der Waals surface area contributed by atoms with Gasteiger partial charge in [-0.05, 0) is 0 Å². The van der Waals surface area contributed by atoms with Crippen molar-refractivity contribution in [3.63, 3.8) is 0 Å². The minimum absolute atomic E-state index is 0.241. The molecule has 0 aliphatic rings. The predicted molar refractivity (Wildman–Crippen MR) is 38.7 cm³/mol. The highest BCUT2D eigenvalue weighted by molar-refractivity contribution is 5.96. The van der Waals surface area contributed by atoms with Crippen LogP contribution in [-0.2, 0) is 0 Å². The van der Waals surface area contributed by atoms with Gasteiger partial charge in [-0.3, -0.25) is 5.21 Å². The minimum atomic E-state index is 0.241. The largest absolute Gasteiger partial charge is 0.382 e. The maximum atomic E-state index is 8.82. The molecule has 1 aromatic rings. The summed E-state index contributed by atoms with van der Waals surface area (Å²) in [6.45, 7) is 0. The number of hydrogen-bond donors (Lipinski definition) is 3. The molecule has 0 aliphatic heterocycles. The molecule has 0 aliphatic carbocycles. The summed E-state index contributed by atoms with van der Waals surface area (Å²) in [6, 6.07) is 3.21. The second kappa shape index (κ2) is 2.87. The predicted octanol–water partition coefficient (Wildman–Crippen LogP) is -1.21. The molecule has 58 valence electrons. The Kier molecular flexibility index (Phi) is 1.91. The van der Waals surface area contributed by atoms with E-state index in [1.54, 1.807) is 12.1 Å². The van der Waals surface area contributed by atoms with Crippen LogP contribution < -0.4 is 16.3 Å². The number of hydrazone groups is 1. The molecule has 0 atom stereocenters. The second-order valence-corrected chi connectivity index (χ2v) is 1.98. The summed E-state index contributed by atoms with van der Waals surface area (Å²) >= 11 is 0. The van der Waals surface area contributed by atoms with E-state index in [9.17, 15) is 0 Å². The van der Waals surface area contributed by atoms with E-state index in [0.717, 1.165) is 4.73 Å². The normalized spacial score (nSPS) is 11.5. The van der Waals surface area contributed by atoms with Crippen molar-refractivity contribution in [2.45, 2.75) is 0 Å². The monoisotopic (exact) mass is 153 g/mol. The van der Waals surface area contributed by atoms with Crippen molar-refractivity contribution in [3.8, 4) is 0 Å². The number of rotatable bonds is 1. The van der Waals surface area contributed by atoms with Crippen molar-refractivity contribution in [2.75, 3.05) is 0 Å². The molecule has 0 fully saturated rings. The highest BCUT2D eigenvalue weighted by Crippen LogP contribution is 1.91. The van der Waals surface area contributed by atoms with Crippen LogP contribution in [0.4, 0.5) is 0 Å². The van der Waals surface area contributed by atoms with Gasteiger partial charge in [0, 0.05) is 22.4 Å². The molecule has 0 aromatic carbocycles. The lowest BCUT2D eigenvalue weighted by molar-refractivity contribution is -0.904. The second-order valence-electron chi connectivity index (χ2n) is 1.98. The zero-order valence-corrected chi connectivity index (χ0v) is 5.81. The molecule has 11 heavy (non-hydrogen) atoms. The van der Waals surface area contributed by atoms with Crippen LogP contribution in [0.1, 0.15) is 5.56 Å². The van der Waals surface area contributed by atoms with Crippen LogP contribution in [-0.4, -0.2) is 11.0 Å². The maximum Gasteiger partial charge on any atom is 0.222 e. The van der Waals surface area contributed by atoms with E-state index in [4.69, 9.17) is 16.8 Å². The van der Waals surface area contributed by atoms with Crippen LogP contribution in [0.2, 0.25) is 0 Å². The third-order valence-corrected chi connectivity index (χ3v) is 1.25. The number of amidine groups is 1. The number of nitrogens with zero attached hydrogens (tertiary/aromatic N) is 2. The van der Waals surface area contributed by atoms with E-state index in [-0.39, 0.29) is 5.84 Å². The average Bonchev–Trinajstić information content (AvgIpc) is 2.05. The molecular formula is C6H9N4O+. The van der Waals surface area contributed by atoms with Crippen molar-refractivity contribution in [1.82, 2.24) is 0 Å². The Balaban J connectivity index is 2.99. The molecule has 0 unspecified atom stereocenters. The van der Waals surface area contributed by atoms with E-state index >= 15 is 0 Å². The van der Waals surface area contributed by atoms with Gasteiger partial charge in [-0.15, -0.1) is 0 Å². The molecule has 5 heteroatoms. The lowest BCUT2D eigenvalue weighted by Crippen LogP contribution is -2.29. The maximum absolute atomic E-state index is 8.82. The van der Waals surface area contributed by atoms with Crippen LogP contribution in [0.5, 0.6) is 0 Å². The zero-order chi connectivity index (χ0) is 8.27. The fraction of sp³-hybridized carbons (Fsp3) is 0. The Morgan fingerprint density at radius 1 is 1.45 bits per heavy atom. The van der Waals surface area contributed by atoms with Crippen LogP contribution in [0, 0.1) is 0 Å². The molecule has 1 heterocycles. The standard InChI is InChI=1S/C6H8N4O/c7-6(9-8)5-1-3-10(11)4-2-5/h1-4,8,11H,7H2/p+1. The number of aromatic nitrogens is 1. The SMILES string of the molecule is N/N=C(\N)c1cc[n+](O)cc1. The van der Waals surface area contributed by atoms with Gasteiger partial charge in [-0.1, -0.05) is 0 Å². The van der Waals surface area contributed by atoms with Gasteiger partial charge in [0.1, 0.15) is 0 Å². The van der Waals surface area contributed by atoms with E-state index < -0.39 is 0 Å². The van der Waals surface area contributed by atoms with Gasteiger partial charge in [-0.25, -0.2) is 0 Å². The summed E-state index contributed by atoms with van der Waals surface area (Å²) in [4.78, 5) is 0. The van der Waals surface area contributed by atoms with Gasteiger partial charge in [0.15, 0.2) is 5.84 Å². The summed E-state index contributed by atoms with van der Waals surface area (Å²) in [5, 5.41) is 12.1. The van der Waals surface area contributed by atoms with Gasteiger partial charge in [-0.2, -0.15) is 5.10 Å². The molecule has 0 bridgehead atoms. The van der Waals surface area contributed by atoms with E-state index in [1.165, 1.54) is 12.4 Å². The minimum Gasteiger partial charge on any atom is -0.382 e. The molecule has 0 saturated heterocycles. The molecule has 1 rings (SSSR count). The van der Waals surface area contributed by atoms with Crippen LogP contribution in [0.15, 0.2) is 29.6 Å². The summed E-state index contributed by atoms with van der Waals surface area (Å²) in [5.74, 6) is 5.18. The summed E-state index contributed by atoms with van der Waals surface area (Å²) in [7, 11) is 0. The Morgan fingerprint density at radius 2 is 2.00 bits per heavy atom. The summed E-state index contributed by atoms with van der Waals surface area (Å²) < 4.78 is 0.910. The van der Waals surface area contributed by atoms with Crippen LogP contribution >= 0.6 is 0 Å². The van der Waals surface area contributed by atoms with Crippen molar-refractivity contribution in [1.29, 1.82) is 0 Å². The lowest BCUT2D eigenvalue weighted by atomic mass is 10.2. The molecule has 0 amide bonds. The first kappa shape index (κ1) is 7.33. The van der Waals surface area contributed by atoms with Gasteiger partial charge in [0.05, 0.1) is 0 Å². The molecular weight excluding hydrogens is 144 g/mol. The van der Waals surface area contributed by atoms with E-state index in [2.05, 4.69) is 5.10 Å². The molecule has 0 radical (unpaired) electrons. The molecule has 0 spiro atoms. The fourth-order valence-electron chi connectivity index (χ4n) is 0.664. The highest BCUT2D eigenvalue weighted by Gasteiger charge is 2.00. The van der Waals surface area contributed by atoms with Crippen LogP contribution in [0.3, 0.4) is 0 Å². The number of nitrogens with two attached hydrogens (primary N) is 2. The van der Waals surface area contributed by atoms with E-state index in [1.807, 2.05) is 0 Å². The molecule has 5 nitrogen and oxygen atoms in total. The van der Waals surface area contributed by atoms with Crippen molar-refractivity contribution in [2.24, 2.45) is 16.7 Å². The summed E-state index contributed by atoms with van der Waals surface area (Å²) in [5.41, 5.74) is 6.06. The van der Waals surface area contributed by atoms with Crippen molar-refractivity contribution >= 4 is 5.84 Å². The first-order valence-electron chi connectivity index (χ1n) is 2.98. The van der Waals surface area contributed by atoms with Gasteiger partial charge in [0.2, 0.25) is 12.4 Å². The van der Waals surface area contributed by atoms with Gasteiger partial charge >= 0.3 is 0 Å². The van der Waals surface area contributed by atoms with Crippen molar-refractivity contribution in [3.05, 3.63) is 30.1 Å². The lowest BCUT2D eigenvalue weighted by Gasteiger charge is -1.93. The molecule has 0 saturated carbocycles. The Morgan fingerprint density at radius 3 is 2.45 bits per heavy atom. The van der Waals surface area contributed by atoms with Crippen LogP contribution in [0.25, 0.3) is 0 Å². The molecule has 5 N–H and O–H groups in total. The first-order valence-corrected chi connectivity index (χ1v) is 2.98. The van der Waals surface area contributed by atoms with Gasteiger partial charge < -0.3 is 11.6 Å². The number of pyridine rings is 1. The topological polar surface area (TPSA) is 88.5 Å². The Hall–Kier alpha value is -1.78. The Labute approximate surface area is 63.5 Å². The third-order valence-electron chi connectivity index (χ3n) is 1.25.